The Kier molecular flexibility index (Phi) is 4.73. The molecule has 29 heavy (non-hydrogen) atoms. The second-order valence-corrected chi connectivity index (χ2v) is 7.29. The Labute approximate surface area is 174 Å². The number of fused-ring (bicyclic) bond motifs is 1. The normalized spacial score (nSPS) is 11.5. The van der Waals surface area contributed by atoms with Crippen LogP contribution in [0.4, 0.5) is 5.69 Å². The number of nitrogens with zero attached hydrogens (tertiary/aromatic N) is 2. The van der Waals surface area contributed by atoms with Crippen LogP contribution in [0.1, 0.15) is 5.56 Å². The zero-order chi connectivity index (χ0) is 20.7. The lowest BCUT2D eigenvalue weighted by Crippen LogP contribution is -2.31. The molecule has 2 aromatic heterocycles. The highest BCUT2D eigenvalue weighted by atomic mass is 79.9. The zero-order valence-electron chi connectivity index (χ0n) is 14.4. The maximum absolute atomic E-state index is 12.2. The predicted octanol–water partition coefficient (Wildman–Crippen LogP) is 2.57. The molecule has 2 heterocycles. The third kappa shape index (κ3) is 3.55. The number of hydrogen-bond acceptors (Lipinski definition) is 5. The Morgan fingerprint density at radius 1 is 1.03 bits per heavy atom. The third-order valence-electron chi connectivity index (χ3n) is 4.12. The summed E-state index contributed by atoms with van der Waals surface area (Å²) >= 11 is 9.19. The summed E-state index contributed by atoms with van der Waals surface area (Å²) in [7, 11) is 0. The van der Waals surface area contributed by atoms with Gasteiger partial charge in [0.25, 0.3) is 5.56 Å². The fourth-order valence-corrected chi connectivity index (χ4v) is 3.33. The lowest BCUT2D eigenvalue weighted by molar-refractivity contribution is 0.430. The monoisotopic (exact) mass is 475 g/mol. The van der Waals surface area contributed by atoms with Gasteiger partial charge in [-0.3, -0.25) is 14.8 Å². The van der Waals surface area contributed by atoms with Crippen LogP contribution >= 0.6 is 27.5 Å². The molecule has 0 aliphatic heterocycles. The number of rotatable bonds is 3. The van der Waals surface area contributed by atoms with Crippen LogP contribution in [0, 0.1) is 0 Å². The number of halogens is 2. The molecule has 4 rings (SSSR count). The Bertz CT molecular complexity index is 1450. The molecule has 0 bridgehead atoms. The van der Waals surface area contributed by atoms with Crippen molar-refractivity contribution in [3.05, 3.63) is 82.8 Å². The molecular formula is C18H11BrClN5O4. The van der Waals surface area contributed by atoms with E-state index in [0.717, 1.165) is 10.8 Å². The third-order valence-corrected chi connectivity index (χ3v) is 5.01. The standard InChI is InChI=1S/C18H11BrClN5O4/c19-11-5-13-14(23-17(28)22-13)6-12(11)21-7-10-15(26)24-18(29)25(16(10)27)9-3-1-8(20)2-4-9/h1-7,27H,(H2,22,23,28)(H,24,26,29). The molecule has 4 aromatic rings. The Hall–Kier alpha value is -3.37. The lowest BCUT2D eigenvalue weighted by atomic mass is 10.2. The van der Waals surface area contributed by atoms with Crippen LogP contribution in [0.2, 0.25) is 5.02 Å². The van der Waals surface area contributed by atoms with Crippen molar-refractivity contribution >= 4 is 50.5 Å². The largest absolute Gasteiger partial charge is 0.493 e. The van der Waals surface area contributed by atoms with Gasteiger partial charge in [0.2, 0.25) is 5.88 Å². The van der Waals surface area contributed by atoms with Crippen LogP contribution in [-0.4, -0.2) is 30.8 Å². The summed E-state index contributed by atoms with van der Waals surface area (Å²) in [6.45, 7) is 0. The van der Waals surface area contributed by atoms with Crippen molar-refractivity contribution in [1.29, 1.82) is 0 Å². The summed E-state index contributed by atoms with van der Waals surface area (Å²) in [4.78, 5) is 47.4. The van der Waals surface area contributed by atoms with Gasteiger partial charge in [0.1, 0.15) is 5.56 Å². The molecule has 4 N–H and O–H groups in total. The molecule has 9 nitrogen and oxygen atoms in total. The maximum atomic E-state index is 12.2. The van der Waals surface area contributed by atoms with Crippen molar-refractivity contribution in [1.82, 2.24) is 19.5 Å². The van der Waals surface area contributed by atoms with Crippen molar-refractivity contribution in [2.75, 3.05) is 0 Å². The highest BCUT2D eigenvalue weighted by Crippen LogP contribution is 2.29. The van der Waals surface area contributed by atoms with E-state index in [-0.39, 0.29) is 11.3 Å². The molecule has 146 valence electrons. The summed E-state index contributed by atoms with van der Waals surface area (Å²) in [6, 6.07) is 9.38. The first-order valence-corrected chi connectivity index (χ1v) is 9.30. The first-order valence-electron chi connectivity index (χ1n) is 8.13. The smallest absolute Gasteiger partial charge is 0.335 e. The van der Waals surface area contributed by atoms with Gasteiger partial charge in [0.15, 0.2) is 0 Å². The number of hydrogen-bond donors (Lipinski definition) is 4. The van der Waals surface area contributed by atoms with E-state index in [4.69, 9.17) is 11.6 Å². The van der Waals surface area contributed by atoms with Crippen LogP contribution in [0.5, 0.6) is 5.88 Å². The van der Waals surface area contributed by atoms with Crippen LogP contribution in [-0.2, 0) is 0 Å². The van der Waals surface area contributed by atoms with Gasteiger partial charge in [-0.1, -0.05) is 11.6 Å². The van der Waals surface area contributed by atoms with Gasteiger partial charge in [-0.15, -0.1) is 0 Å². The minimum atomic E-state index is -0.806. The average Bonchev–Trinajstić information content (AvgIpc) is 3.01. The molecule has 0 saturated heterocycles. The second-order valence-electron chi connectivity index (χ2n) is 5.99. The van der Waals surface area contributed by atoms with E-state index in [0.29, 0.717) is 31.9 Å². The molecule has 0 saturated carbocycles. The summed E-state index contributed by atoms with van der Waals surface area (Å²) in [5.41, 5.74) is -0.363. The number of benzene rings is 2. The number of imidazole rings is 1. The molecule has 0 atom stereocenters. The van der Waals surface area contributed by atoms with E-state index in [9.17, 15) is 19.5 Å². The van der Waals surface area contributed by atoms with Gasteiger partial charge in [-0.2, -0.15) is 0 Å². The van der Waals surface area contributed by atoms with Crippen molar-refractivity contribution in [2.45, 2.75) is 0 Å². The minimum absolute atomic E-state index is 0.214. The van der Waals surface area contributed by atoms with Crippen LogP contribution in [0.25, 0.3) is 16.7 Å². The number of aromatic amines is 3. The van der Waals surface area contributed by atoms with Crippen LogP contribution in [0.15, 0.2) is 60.2 Å². The number of aromatic nitrogens is 4. The predicted molar refractivity (Wildman–Crippen MR) is 113 cm³/mol. The summed E-state index contributed by atoms with van der Waals surface area (Å²) in [5, 5.41) is 11.0. The fourth-order valence-electron chi connectivity index (χ4n) is 2.76. The van der Waals surface area contributed by atoms with Gasteiger partial charge in [0, 0.05) is 15.7 Å². The highest BCUT2D eigenvalue weighted by Gasteiger charge is 2.14. The second kappa shape index (κ2) is 7.22. The van der Waals surface area contributed by atoms with Crippen molar-refractivity contribution in [3.8, 4) is 11.6 Å². The van der Waals surface area contributed by atoms with Gasteiger partial charge in [-0.05, 0) is 52.3 Å². The zero-order valence-corrected chi connectivity index (χ0v) is 16.7. The van der Waals surface area contributed by atoms with E-state index in [1.807, 2.05) is 0 Å². The molecule has 0 fully saturated rings. The molecule has 2 aromatic carbocycles. The summed E-state index contributed by atoms with van der Waals surface area (Å²) in [6.07, 6.45) is 1.14. The topological polar surface area (TPSA) is 136 Å². The number of H-pyrrole nitrogens is 3. The molecule has 0 unspecified atom stereocenters. The van der Waals surface area contributed by atoms with Gasteiger partial charge in [-0.25, -0.2) is 14.2 Å². The van der Waals surface area contributed by atoms with Crippen LogP contribution in [0.3, 0.4) is 0 Å². The van der Waals surface area contributed by atoms with Crippen LogP contribution < -0.4 is 16.9 Å². The average molecular weight is 477 g/mol. The minimum Gasteiger partial charge on any atom is -0.493 e. The molecule has 0 aliphatic rings. The van der Waals surface area contributed by atoms with Gasteiger partial charge in [0.05, 0.1) is 22.4 Å². The molecule has 0 aliphatic carbocycles. The van der Waals surface area contributed by atoms with Gasteiger partial charge >= 0.3 is 11.4 Å². The molecule has 11 heteroatoms. The summed E-state index contributed by atoms with van der Waals surface area (Å²) < 4.78 is 1.49. The summed E-state index contributed by atoms with van der Waals surface area (Å²) in [5.74, 6) is -0.572. The molecular weight excluding hydrogens is 466 g/mol. The van der Waals surface area contributed by atoms with Gasteiger partial charge < -0.3 is 15.1 Å². The fraction of sp³-hybridized carbons (Fsp3) is 0. The lowest BCUT2D eigenvalue weighted by Gasteiger charge is -2.09. The Morgan fingerprint density at radius 3 is 2.38 bits per heavy atom. The van der Waals surface area contributed by atoms with Crippen molar-refractivity contribution in [3.63, 3.8) is 0 Å². The van der Waals surface area contributed by atoms with E-state index in [1.165, 1.54) is 12.1 Å². The first kappa shape index (κ1) is 19.0. The quantitative estimate of drug-likeness (QED) is 0.338. The van der Waals surface area contributed by atoms with E-state index < -0.39 is 17.1 Å². The van der Waals surface area contributed by atoms with E-state index >= 15 is 0 Å². The molecule has 0 amide bonds. The van der Waals surface area contributed by atoms with Crippen molar-refractivity contribution in [2.24, 2.45) is 4.99 Å². The SMILES string of the molecule is O=c1[nH]c2cc(Br)c(N=Cc3c(O)n(-c4ccc(Cl)cc4)c(=O)[nH]c3=O)cc2[nH]1. The highest BCUT2D eigenvalue weighted by molar-refractivity contribution is 9.10. The Morgan fingerprint density at radius 2 is 1.69 bits per heavy atom. The number of aliphatic imine (C=N–C) groups is 1. The molecule has 0 spiro atoms. The number of aromatic hydroxyl groups is 1. The maximum Gasteiger partial charge on any atom is 0.335 e. The van der Waals surface area contributed by atoms with E-state index in [1.54, 1.807) is 24.3 Å². The van der Waals surface area contributed by atoms with E-state index in [2.05, 4.69) is 35.9 Å². The van der Waals surface area contributed by atoms with Crippen molar-refractivity contribution < 1.29 is 5.11 Å². The Balaban J connectivity index is 1.83. The molecule has 0 radical (unpaired) electrons. The number of nitrogens with one attached hydrogen (secondary N) is 3. The first-order chi connectivity index (χ1) is 13.8.